The Kier molecular flexibility index (Phi) is 88.2. The SMILES string of the molecule is C=CCCCCC.C=CCCCCO.CCCCCC(CNC(=O)C(F)(F)F)OC(=O)CCC(=O)CC.CCCCCC(CNC(=O)C(F)(F)F)OC(=O)CCC(=O)O.CCCCCC(CNC(=O)C(F)(F)F)OP(OCCC#N)N(C(C)C)C(C)C.CCCCCC(O)CN.CCCCCC(O)CNC(=O)C(F)(F)F.CCCCCC1CO1. The molecule has 1 saturated heterocycles. The second-order valence-electron chi connectivity index (χ2n) is 28.4. The van der Waals surface area contributed by atoms with E-state index in [0.717, 1.165) is 103 Å². The van der Waals surface area contributed by atoms with Crippen LogP contribution >= 0.6 is 8.53 Å². The van der Waals surface area contributed by atoms with Crippen molar-refractivity contribution >= 4 is 55.8 Å². The predicted octanol–water partition coefficient (Wildman–Crippen LogP) is 18.4. The lowest BCUT2D eigenvalue weighted by Crippen LogP contribution is -2.42. The molecule has 1 heterocycles. The van der Waals surface area contributed by atoms with E-state index < -0.39 is 119 Å². The number of epoxide rings is 1. The van der Waals surface area contributed by atoms with Crippen LogP contribution < -0.4 is 27.0 Å². The van der Waals surface area contributed by atoms with E-state index in [1.807, 2.05) is 83.6 Å². The van der Waals surface area contributed by atoms with Crippen LogP contribution in [0, 0.1) is 11.3 Å². The van der Waals surface area contributed by atoms with Gasteiger partial charge in [-0.25, -0.2) is 4.67 Å². The third-order valence-electron chi connectivity index (χ3n) is 16.3. The number of halogens is 12. The van der Waals surface area contributed by atoms with Gasteiger partial charge in [0.1, 0.15) is 18.0 Å². The van der Waals surface area contributed by atoms with Crippen molar-refractivity contribution < 1.29 is 135 Å². The number of allylic oxidation sites excluding steroid dienone is 2. The number of nitrogens with one attached hydrogen (secondary N) is 4. The molecule has 4 amide bonds. The first-order valence-electron chi connectivity index (χ1n) is 42.1. The van der Waals surface area contributed by atoms with E-state index >= 15 is 0 Å². The normalized spacial score (nSPS) is 13.6. The van der Waals surface area contributed by atoms with Crippen molar-refractivity contribution in [2.45, 2.75) is 394 Å². The van der Waals surface area contributed by atoms with E-state index in [1.54, 1.807) is 22.9 Å². The summed E-state index contributed by atoms with van der Waals surface area (Å²) >= 11 is 0. The minimum atomic E-state index is -5.00. The number of aliphatic carboxylic acids is 1. The van der Waals surface area contributed by atoms with Crippen LogP contribution in [0.25, 0.3) is 0 Å². The Morgan fingerprint density at radius 2 is 0.849 bits per heavy atom. The van der Waals surface area contributed by atoms with Gasteiger partial charge in [0.25, 0.3) is 8.53 Å². The maximum absolute atomic E-state index is 12.5. The summed E-state index contributed by atoms with van der Waals surface area (Å²) in [6.07, 6.45) is 10.4. The monoisotopic (exact) mass is 1760 g/mol. The third kappa shape index (κ3) is 91.2. The number of amides is 4. The number of alkyl halides is 12. The highest BCUT2D eigenvalue weighted by Crippen LogP contribution is 2.47. The fourth-order valence-electron chi connectivity index (χ4n) is 9.51. The Morgan fingerprint density at radius 1 is 0.513 bits per heavy atom. The largest absolute Gasteiger partial charge is 0.481 e. The van der Waals surface area contributed by atoms with Crippen LogP contribution in [0.15, 0.2) is 25.3 Å². The van der Waals surface area contributed by atoms with Crippen LogP contribution in [0.4, 0.5) is 52.7 Å². The van der Waals surface area contributed by atoms with Crippen LogP contribution in [0.1, 0.15) is 321 Å². The highest BCUT2D eigenvalue weighted by molar-refractivity contribution is 7.44. The number of carboxylic acids is 1. The summed E-state index contributed by atoms with van der Waals surface area (Å²) in [4.78, 5) is 87.6. The van der Waals surface area contributed by atoms with Crippen molar-refractivity contribution in [2.24, 2.45) is 5.73 Å². The van der Waals surface area contributed by atoms with Gasteiger partial charge in [-0.2, -0.15) is 57.9 Å². The van der Waals surface area contributed by atoms with Crippen LogP contribution in [0.5, 0.6) is 0 Å². The zero-order valence-corrected chi connectivity index (χ0v) is 74.0. The molecule has 0 bridgehead atoms. The lowest BCUT2D eigenvalue weighted by molar-refractivity contribution is -0.174. The van der Waals surface area contributed by atoms with Gasteiger partial charge < -0.3 is 70.7 Å². The molecule has 0 saturated carbocycles. The maximum atomic E-state index is 12.5. The average Bonchev–Trinajstić information content (AvgIpc) is 1.21. The summed E-state index contributed by atoms with van der Waals surface area (Å²) in [5, 5.41) is 50.6. The van der Waals surface area contributed by atoms with E-state index in [2.05, 4.69) is 33.9 Å². The van der Waals surface area contributed by atoms with Gasteiger partial charge in [-0.15, -0.1) is 13.2 Å². The van der Waals surface area contributed by atoms with Gasteiger partial charge in [0, 0.05) is 51.2 Å². The van der Waals surface area contributed by atoms with Gasteiger partial charge in [0.15, 0.2) is 0 Å². The first-order chi connectivity index (χ1) is 55.8. The predicted molar refractivity (Wildman–Crippen MR) is 439 cm³/mol. The second-order valence-corrected chi connectivity index (χ2v) is 29.8. The fourth-order valence-corrected chi connectivity index (χ4v) is 11.2. The highest BCUT2D eigenvalue weighted by Gasteiger charge is 2.42. The Balaban J connectivity index is -0.000000253. The lowest BCUT2D eigenvalue weighted by Gasteiger charge is -2.37. The topological polar surface area (TPSA) is 368 Å². The highest BCUT2D eigenvalue weighted by atomic mass is 31.2. The molecule has 37 heteroatoms. The van der Waals surface area contributed by atoms with Gasteiger partial charge in [0.05, 0.1) is 82.5 Å². The van der Waals surface area contributed by atoms with Crippen molar-refractivity contribution in [3.05, 3.63) is 25.3 Å². The van der Waals surface area contributed by atoms with Crippen LogP contribution in [-0.4, -0.2) is 198 Å². The number of esters is 2. The van der Waals surface area contributed by atoms with Gasteiger partial charge >= 0.3 is 66.2 Å². The Labute approximate surface area is 702 Å². The molecule has 1 aliphatic heterocycles. The third-order valence-corrected chi connectivity index (χ3v) is 18.5. The van der Waals surface area contributed by atoms with Gasteiger partial charge in [0.2, 0.25) is 0 Å². The van der Waals surface area contributed by atoms with E-state index in [9.17, 15) is 96.1 Å². The number of Topliss-reactive ketones (excluding diaryl/α,β-unsaturated/α-hetero) is 1. The van der Waals surface area contributed by atoms with Crippen LogP contribution in [0.3, 0.4) is 0 Å². The molecule has 119 heavy (non-hydrogen) atoms. The number of carboxylic acid groups (broad SMARTS) is 1. The number of hydrogen-bond acceptors (Lipinski definition) is 19. The number of rotatable bonds is 58. The standard InChI is InChI=1S/C18H33F3N3O3P.C15H24F3NO4.C13H20F3NO5.C9H16F3NO2.C7H17NO.C7H14O.C7H14.C6H12O/c1-6-7-8-10-16(13-23-17(25)18(19,20)21)27-28(26-12-9-11-22)24(14(2)3)15(4)5;1-3-5-6-7-12(10-19-14(22)15(16,17)18)23-13(21)9-8-11(20)4-2;1-2-3-4-5-9(8-17-12(21)13(14,15)16)22-11(20)7-6-10(18)19;1-2-3-4-5-7(14)6-13-8(15)9(10,11)12;1-2-3-4-5-7(9)6-8;1-2-3-4-5-7-6-8-7;1-3-5-7-6-4-2;1-2-3-4-5-6-7/h14-16H,6-10,12-13H2,1-5H3,(H,23,25);12H,3-10H2,1-2H3,(H,19,22);9H,2-8H2,1H3,(H,17,21)(H,18,19);7,14H,2-6H2,1H3,(H,13,15);7,9H,2-6,8H2,1H3;7H,2-6H2,1H3;3H,1,4-7H2,2H3;2,7H,1,3-6H2. The number of hydrogen-bond donors (Lipinski definition) is 9. The smallest absolute Gasteiger partial charge is 0.471 e. The number of unbranched alkanes of at least 4 members (excludes halogenated alkanes) is 17. The summed E-state index contributed by atoms with van der Waals surface area (Å²) in [6.45, 7) is 31.7. The number of ether oxygens (including phenoxy) is 3. The van der Waals surface area contributed by atoms with Gasteiger partial charge in [-0.3, -0.25) is 38.4 Å². The lowest BCUT2D eigenvalue weighted by atomic mass is 10.1. The number of ketones is 1. The number of nitriles is 1. The summed E-state index contributed by atoms with van der Waals surface area (Å²) < 4.78 is 174. The molecule has 0 spiro atoms. The molecule has 0 aromatic heterocycles. The van der Waals surface area contributed by atoms with Gasteiger partial charge in [-0.1, -0.05) is 183 Å². The number of aliphatic hydroxyl groups is 3. The molecule has 7 atom stereocenters. The zero-order chi connectivity index (χ0) is 92.7. The molecule has 0 aromatic carbocycles. The summed E-state index contributed by atoms with van der Waals surface area (Å²) in [5.74, 6) is -10.9. The molecule has 0 radical (unpaired) electrons. The Hall–Kier alpha value is -5.80. The minimum Gasteiger partial charge on any atom is -0.481 e. The van der Waals surface area contributed by atoms with Crippen LogP contribution in [0.2, 0.25) is 0 Å². The zero-order valence-electron chi connectivity index (χ0n) is 73.1. The van der Waals surface area contributed by atoms with E-state index in [1.165, 1.54) is 64.2 Å². The van der Waals surface area contributed by atoms with E-state index in [4.69, 9.17) is 49.6 Å². The van der Waals surface area contributed by atoms with E-state index in [0.29, 0.717) is 64.2 Å². The number of carbonyl (C=O) groups is 8. The first kappa shape index (κ1) is 126. The molecule has 1 fully saturated rings. The second kappa shape index (κ2) is 83.1. The van der Waals surface area contributed by atoms with E-state index in [-0.39, 0.29) is 69.4 Å². The van der Waals surface area contributed by atoms with Crippen molar-refractivity contribution in [2.75, 3.05) is 52.5 Å². The van der Waals surface area contributed by atoms with Crippen molar-refractivity contribution in [3.63, 3.8) is 0 Å². The molecule has 1 rings (SSSR count). The molecular formula is C82H150F12N7O17P. The van der Waals surface area contributed by atoms with Crippen molar-refractivity contribution in [1.82, 2.24) is 25.9 Å². The molecule has 704 valence electrons. The molecule has 0 aliphatic carbocycles. The maximum Gasteiger partial charge on any atom is 0.471 e. The number of carbonyl (C=O) groups excluding carboxylic acids is 7. The first-order valence-corrected chi connectivity index (χ1v) is 43.3. The van der Waals surface area contributed by atoms with Crippen LogP contribution in [-0.2, 0) is 61.6 Å². The molecule has 1 aliphatic rings. The fraction of sp³-hybridized carbons (Fsp3) is 0.841. The van der Waals surface area contributed by atoms with Crippen molar-refractivity contribution in [1.29, 1.82) is 5.26 Å². The number of nitrogens with zero attached hydrogens (tertiary/aromatic N) is 2. The molecule has 10 N–H and O–H groups in total. The summed E-state index contributed by atoms with van der Waals surface area (Å²) in [6, 6.07) is 2.16. The Morgan fingerprint density at radius 3 is 1.18 bits per heavy atom. The summed E-state index contributed by atoms with van der Waals surface area (Å²) in [5.41, 5.74) is 5.20. The van der Waals surface area contributed by atoms with Crippen molar-refractivity contribution in [3.8, 4) is 6.07 Å². The van der Waals surface area contributed by atoms with Gasteiger partial charge in [-0.05, 0) is 111 Å². The molecule has 0 aromatic rings. The average molecular weight is 1770 g/mol. The summed E-state index contributed by atoms with van der Waals surface area (Å²) in [7, 11) is -1.58. The number of aliphatic hydroxyl groups excluding tert-OH is 3. The number of nitrogens with two attached hydrogens (primary N) is 1. The molecule has 24 nitrogen and oxygen atoms in total. The molecule has 7 unspecified atom stereocenters. The molecular weight excluding hydrogens is 1610 g/mol. The minimum absolute atomic E-state index is 0.0475. The Bertz CT molecular complexity index is 2540. The quantitative estimate of drug-likeness (QED) is 0.00682.